The van der Waals surface area contributed by atoms with Crippen molar-refractivity contribution in [3.63, 3.8) is 0 Å². The van der Waals surface area contributed by atoms with Crippen LogP contribution in [-0.4, -0.2) is 15.0 Å². The Morgan fingerprint density at radius 1 is 0.824 bits per heavy atom. The summed E-state index contributed by atoms with van der Waals surface area (Å²) in [6.45, 7) is 0. The number of pyridine rings is 1. The highest BCUT2D eigenvalue weighted by Crippen LogP contribution is 2.30. The molecule has 0 aliphatic heterocycles. The molecule has 0 saturated carbocycles. The van der Waals surface area contributed by atoms with E-state index in [1.165, 1.54) is 0 Å². The first-order valence-corrected chi connectivity index (χ1v) is 6.13. The Balaban J connectivity index is 2.28. The van der Waals surface area contributed by atoms with Crippen LogP contribution < -0.4 is 0 Å². The fourth-order valence-corrected chi connectivity index (χ4v) is 2.94. The van der Waals surface area contributed by atoms with E-state index < -0.39 is 0 Å². The molecule has 0 N–H and O–H groups in total. The third kappa shape index (κ3) is 1.24. The van der Waals surface area contributed by atoms with Crippen LogP contribution in [0.25, 0.3) is 31.6 Å². The van der Waals surface area contributed by atoms with E-state index in [-0.39, 0.29) is 0 Å². The zero-order chi connectivity index (χ0) is 11.2. The number of hydrogen-bond acceptors (Lipinski definition) is 4. The minimum absolute atomic E-state index is 0.934. The largest absolute Gasteiger partial charge is 0.245 e. The van der Waals surface area contributed by atoms with Crippen LogP contribution in [0.3, 0.4) is 0 Å². The quantitative estimate of drug-likeness (QED) is 0.470. The van der Waals surface area contributed by atoms with E-state index in [2.05, 4.69) is 15.0 Å². The van der Waals surface area contributed by atoms with Crippen LogP contribution in [0.1, 0.15) is 0 Å². The first kappa shape index (κ1) is 9.01. The lowest BCUT2D eigenvalue weighted by Gasteiger charge is -1.95. The van der Waals surface area contributed by atoms with Gasteiger partial charge < -0.3 is 0 Å². The molecule has 0 aliphatic carbocycles. The van der Waals surface area contributed by atoms with Crippen molar-refractivity contribution in [3.8, 4) is 0 Å². The standard InChI is InChI=1S/C13H7N3S/c1-2-6-10-9(5-1)15-11-8-4-3-7-14-12(8)17-13(11)16-10/h1-7H. The van der Waals surface area contributed by atoms with E-state index in [1.54, 1.807) is 17.5 Å². The van der Waals surface area contributed by atoms with Gasteiger partial charge in [0.25, 0.3) is 0 Å². The van der Waals surface area contributed by atoms with Gasteiger partial charge in [0.05, 0.1) is 11.0 Å². The predicted molar refractivity (Wildman–Crippen MR) is 70.2 cm³/mol. The molecule has 17 heavy (non-hydrogen) atoms. The van der Waals surface area contributed by atoms with Gasteiger partial charge in [-0.05, 0) is 24.3 Å². The summed E-state index contributed by atoms with van der Waals surface area (Å²) < 4.78 is 0. The molecule has 0 radical (unpaired) electrons. The number of thiophene rings is 1. The van der Waals surface area contributed by atoms with E-state index in [0.29, 0.717) is 0 Å². The zero-order valence-electron chi connectivity index (χ0n) is 8.79. The average molecular weight is 237 g/mol. The van der Waals surface area contributed by atoms with Crippen molar-refractivity contribution in [2.24, 2.45) is 0 Å². The van der Waals surface area contributed by atoms with Crippen LogP contribution in [-0.2, 0) is 0 Å². The SMILES string of the molecule is c1ccc2nc3c(nc2c1)sc1ncccc13. The van der Waals surface area contributed by atoms with Gasteiger partial charge in [0.2, 0.25) is 0 Å². The topological polar surface area (TPSA) is 38.7 Å². The Bertz CT molecular complexity index is 845. The summed E-state index contributed by atoms with van der Waals surface area (Å²) in [5.41, 5.74) is 2.83. The number of para-hydroxylation sites is 2. The maximum Gasteiger partial charge on any atom is 0.145 e. The average Bonchev–Trinajstić information content (AvgIpc) is 2.73. The van der Waals surface area contributed by atoms with Gasteiger partial charge in [-0.15, -0.1) is 0 Å². The number of aromatic nitrogens is 3. The second-order valence-corrected chi connectivity index (χ2v) is 4.80. The molecule has 0 fully saturated rings. The molecule has 3 nitrogen and oxygen atoms in total. The summed E-state index contributed by atoms with van der Waals surface area (Å²) in [5.74, 6) is 0. The molecule has 4 rings (SSSR count). The highest BCUT2D eigenvalue weighted by molar-refractivity contribution is 7.25. The molecule has 4 heteroatoms. The van der Waals surface area contributed by atoms with Crippen LogP contribution in [0.5, 0.6) is 0 Å². The number of benzene rings is 1. The molecule has 3 aromatic heterocycles. The van der Waals surface area contributed by atoms with Crippen molar-refractivity contribution in [1.82, 2.24) is 15.0 Å². The molecule has 1 aromatic carbocycles. The monoisotopic (exact) mass is 237 g/mol. The minimum atomic E-state index is 0.934. The molecule has 80 valence electrons. The number of nitrogens with zero attached hydrogens (tertiary/aromatic N) is 3. The first-order chi connectivity index (χ1) is 8.42. The Hall–Kier alpha value is -2.07. The summed E-state index contributed by atoms with van der Waals surface area (Å²) in [6, 6.07) is 11.9. The van der Waals surface area contributed by atoms with Crippen LogP contribution in [0.15, 0.2) is 42.6 Å². The smallest absolute Gasteiger partial charge is 0.145 e. The third-order valence-electron chi connectivity index (χ3n) is 2.76. The Labute approximate surface area is 101 Å². The summed E-state index contributed by atoms with van der Waals surface area (Å²) >= 11 is 1.59. The molecule has 0 spiro atoms. The molecular weight excluding hydrogens is 230 g/mol. The Morgan fingerprint density at radius 3 is 2.53 bits per heavy atom. The first-order valence-electron chi connectivity index (χ1n) is 5.32. The number of hydrogen-bond donors (Lipinski definition) is 0. The summed E-state index contributed by atoms with van der Waals surface area (Å²) in [7, 11) is 0. The van der Waals surface area contributed by atoms with Crippen LogP contribution in [0, 0.1) is 0 Å². The van der Waals surface area contributed by atoms with Gasteiger partial charge in [-0.25, -0.2) is 15.0 Å². The van der Waals surface area contributed by atoms with Gasteiger partial charge in [-0.2, -0.15) is 0 Å². The predicted octanol–water partition coefficient (Wildman–Crippen LogP) is 3.39. The second kappa shape index (κ2) is 3.21. The molecule has 0 atom stereocenters. The minimum Gasteiger partial charge on any atom is -0.245 e. The number of fused-ring (bicyclic) bond motifs is 4. The van der Waals surface area contributed by atoms with E-state index in [9.17, 15) is 0 Å². The highest BCUT2D eigenvalue weighted by atomic mass is 32.1. The molecular formula is C13H7N3S. The molecule has 0 saturated heterocycles. The van der Waals surface area contributed by atoms with Gasteiger partial charge in [-0.1, -0.05) is 23.5 Å². The lowest BCUT2D eigenvalue weighted by Crippen LogP contribution is -1.83. The fourth-order valence-electron chi connectivity index (χ4n) is 1.97. The lowest BCUT2D eigenvalue weighted by atomic mass is 10.3. The maximum atomic E-state index is 4.67. The van der Waals surface area contributed by atoms with Crippen molar-refractivity contribution in [2.45, 2.75) is 0 Å². The van der Waals surface area contributed by atoms with Gasteiger partial charge in [-0.3, -0.25) is 0 Å². The van der Waals surface area contributed by atoms with Crippen LogP contribution in [0.4, 0.5) is 0 Å². The molecule has 0 unspecified atom stereocenters. The normalized spacial score (nSPS) is 11.5. The Morgan fingerprint density at radius 2 is 1.65 bits per heavy atom. The van der Waals surface area contributed by atoms with Crippen LogP contribution >= 0.6 is 11.3 Å². The number of rotatable bonds is 0. The molecule has 4 aromatic rings. The van der Waals surface area contributed by atoms with Crippen molar-refractivity contribution < 1.29 is 0 Å². The van der Waals surface area contributed by atoms with Gasteiger partial charge in [0.15, 0.2) is 0 Å². The van der Waals surface area contributed by atoms with E-state index in [4.69, 9.17) is 0 Å². The van der Waals surface area contributed by atoms with Crippen molar-refractivity contribution in [1.29, 1.82) is 0 Å². The van der Waals surface area contributed by atoms with Crippen molar-refractivity contribution in [2.75, 3.05) is 0 Å². The summed E-state index contributed by atoms with van der Waals surface area (Å²) in [5, 5.41) is 1.09. The summed E-state index contributed by atoms with van der Waals surface area (Å²) in [6.07, 6.45) is 1.80. The second-order valence-electron chi connectivity index (χ2n) is 3.82. The van der Waals surface area contributed by atoms with Crippen molar-refractivity contribution in [3.05, 3.63) is 42.6 Å². The van der Waals surface area contributed by atoms with Gasteiger partial charge in [0.1, 0.15) is 15.2 Å². The Kier molecular flexibility index (Phi) is 1.70. The third-order valence-corrected chi connectivity index (χ3v) is 3.75. The van der Waals surface area contributed by atoms with E-state index in [1.807, 2.05) is 36.4 Å². The molecule has 0 aliphatic rings. The molecule has 0 amide bonds. The van der Waals surface area contributed by atoms with Crippen molar-refractivity contribution >= 4 is 42.9 Å². The van der Waals surface area contributed by atoms with Gasteiger partial charge >= 0.3 is 0 Å². The zero-order valence-corrected chi connectivity index (χ0v) is 9.61. The maximum absolute atomic E-state index is 4.67. The fraction of sp³-hybridized carbons (Fsp3) is 0. The molecule has 0 bridgehead atoms. The van der Waals surface area contributed by atoms with E-state index >= 15 is 0 Å². The highest BCUT2D eigenvalue weighted by Gasteiger charge is 2.09. The van der Waals surface area contributed by atoms with Gasteiger partial charge in [0, 0.05) is 11.6 Å². The molecule has 3 heterocycles. The summed E-state index contributed by atoms with van der Waals surface area (Å²) in [4.78, 5) is 15.6. The van der Waals surface area contributed by atoms with E-state index in [0.717, 1.165) is 31.6 Å². The van der Waals surface area contributed by atoms with Crippen LogP contribution in [0.2, 0.25) is 0 Å². The lowest BCUT2D eigenvalue weighted by molar-refractivity contribution is 1.42.